The van der Waals surface area contributed by atoms with E-state index in [0.717, 1.165) is 15.8 Å². The van der Waals surface area contributed by atoms with Crippen molar-refractivity contribution in [1.29, 1.82) is 0 Å². The number of carbonyl (C=O) groups is 1. The molecule has 3 aromatic rings. The molecule has 0 spiro atoms. The highest BCUT2D eigenvalue weighted by atomic mass is 35.5. The van der Waals surface area contributed by atoms with E-state index in [-0.39, 0.29) is 17.3 Å². The molecule has 2 aromatic carbocycles. The van der Waals surface area contributed by atoms with Crippen LogP contribution in [0.1, 0.15) is 18.4 Å². The third kappa shape index (κ3) is 4.30. The average molecular weight is 450 g/mol. The maximum Gasteiger partial charge on any atom is 0.243 e. The summed E-state index contributed by atoms with van der Waals surface area (Å²) in [6.45, 7) is 2.56. The lowest BCUT2D eigenvalue weighted by atomic mass is 9.99. The summed E-state index contributed by atoms with van der Waals surface area (Å²) in [6.07, 6.45) is 1.27. The van der Waals surface area contributed by atoms with E-state index in [9.17, 15) is 13.2 Å². The van der Waals surface area contributed by atoms with E-state index in [2.05, 4.69) is 10.3 Å². The van der Waals surface area contributed by atoms with E-state index in [1.165, 1.54) is 27.8 Å². The summed E-state index contributed by atoms with van der Waals surface area (Å²) in [5.41, 5.74) is 1.97. The van der Waals surface area contributed by atoms with Gasteiger partial charge in [-0.25, -0.2) is 13.4 Å². The Morgan fingerprint density at radius 2 is 2.00 bits per heavy atom. The van der Waals surface area contributed by atoms with Crippen molar-refractivity contribution in [2.24, 2.45) is 5.92 Å². The minimum Gasteiger partial charge on any atom is -0.302 e. The first-order chi connectivity index (χ1) is 13.8. The van der Waals surface area contributed by atoms with Gasteiger partial charge in [0.25, 0.3) is 0 Å². The highest BCUT2D eigenvalue weighted by molar-refractivity contribution is 7.89. The molecule has 1 atom stereocenters. The SMILES string of the molecule is Cc1ccc2nc(NC(=O)C3CCCN(S(=O)(=O)c4ccc(Cl)cc4)C3)sc2c1. The molecule has 1 saturated heterocycles. The second-order valence-corrected chi connectivity index (χ2v) is 10.5. The number of benzene rings is 2. The van der Waals surface area contributed by atoms with Crippen molar-refractivity contribution in [3.63, 3.8) is 0 Å². The summed E-state index contributed by atoms with van der Waals surface area (Å²) >= 11 is 7.28. The number of carbonyl (C=O) groups excluding carboxylic acids is 1. The summed E-state index contributed by atoms with van der Waals surface area (Å²) in [7, 11) is -3.66. The van der Waals surface area contributed by atoms with Crippen molar-refractivity contribution in [2.45, 2.75) is 24.7 Å². The van der Waals surface area contributed by atoms with E-state index in [0.29, 0.717) is 29.5 Å². The van der Waals surface area contributed by atoms with Gasteiger partial charge in [0.1, 0.15) is 0 Å². The van der Waals surface area contributed by atoms with Crippen molar-refractivity contribution in [3.05, 3.63) is 53.1 Å². The van der Waals surface area contributed by atoms with Gasteiger partial charge in [-0.15, -0.1) is 0 Å². The van der Waals surface area contributed by atoms with Crippen LogP contribution in [0, 0.1) is 12.8 Å². The number of halogens is 1. The van der Waals surface area contributed by atoms with Crippen LogP contribution in [0.25, 0.3) is 10.2 Å². The van der Waals surface area contributed by atoms with Gasteiger partial charge in [-0.05, 0) is 61.7 Å². The van der Waals surface area contributed by atoms with Crippen molar-refractivity contribution in [1.82, 2.24) is 9.29 Å². The van der Waals surface area contributed by atoms with Crippen LogP contribution in [0.2, 0.25) is 5.02 Å². The standard InChI is InChI=1S/C20H20ClN3O3S2/c1-13-4-9-17-18(11-13)28-20(22-17)23-19(25)14-3-2-10-24(12-14)29(26,27)16-7-5-15(21)6-8-16/h4-9,11,14H,2-3,10,12H2,1H3,(H,22,23,25). The Labute approximate surface area is 178 Å². The number of fused-ring (bicyclic) bond motifs is 1. The van der Waals surface area contributed by atoms with Gasteiger partial charge in [0.05, 0.1) is 21.0 Å². The lowest BCUT2D eigenvalue weighted by Crippen LogP contribution is -2.43. The van der Waals surface area contributed by atoms with Crippen molar-refractivity contribution in [2.75, 3.05) is 18.4 Å². The summed E-state index contributed by atoms with van der Waals surface area (Å²) < 4.78 is 28.2. The fourth-order valence-electron chi connectivity index (χ4n) is 3.42. The number of hydrogen-bond acceptors (Lipinski definition) is 5. The molecule has 1 amide bonds. The molecular weight excluding hydrogens is 430 g/mol. The van der Waals surface area contributed by atoms with E-state index < -0.39 is 15.9 Å². The zero-order chi connectivity index (χ0) is 20.6. The predicted octanol–water partition coefficient (Wildman–Crippen LogP) is 4.30. The first-order valence-electron chi connectivity index (χ1n) is 9.27. The first-order valence-corrected chi connectivity index (χ1v) is 11.9. The fraction of sp³-hybridized carbons (Fsp3) is 0.300. The molecule has 152 valence electrons. The Balaban J connectivity index is 1.48. The van der Waals surface area contributed by atoms with Crippen LogP contribution < -0.4 is 5.32 Å². The van der Waals surface area contributed by atoms with Crippen molar-refractivity contribution < 1.29 is 13.2 Å². The molecule has 1 unspecified atom stereocenters. The van der Waals surface area contributed by atoms with Crippen LogP contribution in [0.15, 0.2) is 47.4 Å². The molecule has 0 bridgehead atoms. The Hall–Kier alpha value is -2.00. The number of hydrogen-bond donors (Lipinski definition) is 1. The van der Waals surface area contributed by atoms with Crippen LogP contribution in [-0.2, 0) is 14.8 Å². The van der Waals surface area contributed by atoms with Crippen LogP contribution in [-0.4, -0.2) is 36.7 Å². The number of aryl methyl sites for hydroxylation is 1. The molecule has 6 nitrogen and oxygen atoms in total. The molecule has 1 aliphatic heterocycles. The lowest BCUT2D eigenvalue weighted by molar-refractivity contribution is -0.120. The molecular formula is C20H20ClN3O3S2. The maximum atomic E-state index is 12.9. The quantitative estimate of drug-likeness (QED) is 0.644. The summed E-state index contributed by atoms with van der Waals surface area (Å²) in [4.78, 5) is 17.4. The highest BCUT2D eigenvalue weighted by Gasteiger charge is 2.33. The van der Waals surface area contributed by atoms with Crippen molar-refractivity contribution in [3.8, 4) is 0 Å². The number of thiazole rings is 1. The zero-order valence-corrected chi connectivity index (χ0v) is 18.1. The number of nitrogens with one attached hydrogen (secondary N) is 1. The maximum absolute atomic E-state index is 12.9. The fourth-order valence-corrected chi connectivity index (χ4v) is 6.04. The molecule has 9 heteroatoms. The Kier molecular flexibility index (Phi) is 5.61. The predicted molar refractivity (Wildman–Crippen MR) is 116 cm³/mol. The minimum atomic E-state index is -3.66. The van der Waals surface area contributed by atoms with Crippen LogP contribution in [0.3, 0.4) is 0 Å². The molecule has 1 aliphatic rings. The zero-order valence-electron chi connectivity index (χ0n) is 15.8. The highest BCUT2D eigenvalue weighted by Crippen LogP contribution is 2.29. The van der Waals surface area contributed by atoms with Gasteiger partial charge >= 0.3 is 0 Å². The normalized spacial score (nSPS) is 18.1. The molecule has 0 aliphatic carbocycles. The summed E-state index contributed by atoms with van der Waals surface area (Å²) in [6, 6.07) is 12.0. The Bertz CT molecular complexity index is 1160. The second kappa shape index (κ2) is 8.02. The smallest absolute Gasteiger partial charge is 0.243 e. The van der Waals surface area contributed by atoms with Gasteiger partial charge in [-0.3, -0.25) is 4.79 Å². The van der Waals surface area contributed by atoms with Gasteiger partial charge in [-0.2, -0.15) is 4.31 Å². The number of aromatic nitrogens is 1. The van der Waals surface area contributed by atoms with E-state index in [4.69, 9.17) is 11.6 Å². The molecule has 1 N–H and O–H groups in total. The van der Waals surface area contributed by atoms with Crippen LogP contribution >= 0.6 is 22.9 Å². The molecule has 4 rings (SSSR count). The largest absolute Gasteiger partial charge is 0.302 e. The summed E-state index contributed by atoms with van der Waals surface area (Å²) in [5.74, 6) is -0.614. The molecule has 1 aromatic heterocycles. The minimum absolute atomic E-state index is 0.154. The van der Waals surface area contributed by atoms with E-state index in [1.807, 2.05) is 25.1 Å². The van der Waals surface area contributed by atoms with Crippen molar-refractivity contribution >= 4 is 54.2 Å². The monoisotopic (exact) mass is 449 g/mol. The number of sulfonamides is 1. The topological polar surface area (TPSA) is 79.4 Å². The number of rotatable bonds is 4. The average Bonchev–Trinajstić information content (AvgIpc) is 3.09. The molecule has 1 fully saturated rings. The van der Waals surface area contributed by atoms with E-state index in [1.54, 1.807) is 12.1 Å². The number of piperidine rings is 1. The number of nitrogens with zero attached hydrogens (tertiary/aromatic N) is 2. The Morgan fingerprint density at radius 1 is 1.24 bits per heavy atom. The first kappa shape index (κ1) is 20.3. The van der Waals surface area contributed by atoms with E-state index >= 15 is 0 Å². The Morgan fingerprint density at radius 3 is 2.76 bits per heavy atom. The van der Waals surface area contributed by atoms with Gasteiger partial charge in [0, 0.05) is 18.1 Å². The third-order valence-electron chi connectivity index (χ3n) is 4.98. The van der Waals surface area contributed by atoms with Gasteiger partial charge in [0.15, 0.2) is 5.13 Å². The summed E-state index contributed by atoms with van der Waals surface area (Å²) in [5, 5.41) is 3.88. The lowest BCUT2D eigenvalue weighted by Gasteiger charge is -2.31. The molecule has 29 heavy (non-hydrogen) atoms. The van der Waals surface area contributed by atoms with Crippen LogP contribution in [0.5, 0.6) is 0 Å². The molecule has 2 heterocycles. The number of amides is 1. The molecule has 0 saturated carbocycles. The number of anilines is 1. The van der Waals surface area contributed by atoms with Crippen LogP contribution in [0.4, 0.5) is 5.13 Å². The van der Waals surface area contributed by atoms with Gasteiger partial charge in [-0.1, -0.05) is 29.0 Å². The molecule has 0 radical (unpaired) electrons. The third-order valence-corrected chi connectivity index (χ3v) is 8.05. The van der Waals surface area contributed by atoms with Gasteiger partial charge < -0.3 is 5.32 Å². The second-order valence-electron chi connectivity index (χ2n) is 7.14. The van der Waals surface area contributed by atoms with Gasteiger partial charge in [0.2, 0.25) is 15.9 Å².